The summed E-state index contributed by atoms with van der Waals surface area (Å²) in [7, 11) is 0. The SMILES string of the molecule is Clc1ccc(N2OC3=CN(c4ccccc4)CC3C2c2ccc(Cl)cc2Cl)cc1. The number of hydroxylamine groups is 1. The summed E-state index contributed by atoms with van der Waals surface area (Å²) in [5, 5.41) is 3.85. The molecule has 2 atom stereocenters. The fourth-order valence-corrected chi connectivity index (χ4v) is 4.62. The average molecular weight is 444 g/mol. The van der Waals surface area contributed by atoms with Gasteiger partial charge in [0, 0.05) is 33.5 Å². The zero-order chi connectivity index (χ0) is 20.0. The first-order valence-electron chi connectivity index (χ1n) is 9.31. The van der Waals surface area contributed by atoms with Crippen molar-refractivity contribution in [2.75, 3.05) is 16.5 Å². The van der Waals surface area contributed by atoms with Gasteiger partial charge in [-0.1, -0.05) is 59.1 Å². The highest BCUT2D eigenvalue weighted by Gasteiger charge is 2.46. The van der Waals surface area contributed by atoms with E-state index in [9.17, 15) is 0 Å². The lowest BCUT2D eigenvalue weighted by Gasteiger charge is -2.29. The maximum absolute atomic E-state index is 6.61. The highest BCUT2D eigenvalue weighted by atomic mass is 35.5. The molecule has 0 saturated carbocycles. The van der Waals surface area contributed by atoms with Crippen molar-refractivity contribution < 1.29 is 4.84 Å². The van der Waals surface area contributed by atoms with Crippen LogP contribution in [0.2, 0.25) is 15.1 Å². The van der Waals surface area contributed by atoms with E-state index in [2.05, 4.69) is 23.2 Å². The van der Waals surface area contributed by atoms with Gasteiger partial charge in [0.2, 0.25) is 0 Å². The number of halogens is 3. The van der Waals surface area contributed by atoms with Gasteiger partial charge in [-0.05, 0) is 54.1 Å². The highest BCUT2D eigenvalue weighted by molar-refractivity contribution is 6.35. The molecule has 6 heteroatoms. The molecule has 0 bridgehead atoms. The molecule has 2 heterocycles. The summed E-state index contributed by atoms with van der Waals surface area (Å²) in [6, 6.07) is 23.5. The minimum Gasteiger partial charge on any atom is -0.381 e. The average Bonchev–Trinajstić information content (AvgIpc) is 3.28. The predicted octanol–water partition coefficient (Wildman–Crippen LogP) is 7.12. The van der Waals surface area contributed by atoms with E-state index >= 15 is 0 Å². The fourth-order valence-electron chi connectivity index (χ4n) is 3.97. The van der Waals surface area contributed by atoms with E-state index < -0.39 is 0 Å². The summed E-state index contributed by atoms with van der Waals surface area (Å²) < 4.78 is 0. The van der Waals surface area contributed by atoms with Gasteiger partial charge >= 0.3 is 0 Å². The molecule has 0 amide bonds. The van der Waals surface area contributed by atoms with Gasteiger partial charge in [-0.3, -0.25) is 0 Å². The van der Waals surface area contributed by atoms with Crippen LogP contribution in [0.25, 0.3) is 0 Å². The first kappa shape index (κ1) is 18.7. The number of fused-ring (bicyclic) bond motifs is 1. The Morgan fingerprint density at radius 3 is 2.24 bits per heavy atom. The molecule has 1 fully saturated rings. The van der Waals surface area contributed by atoms with Crippen LogP contribution in [-0.4, -0.2) is 6.54 Å². The van der Waals surface area contributed by atoms with Crippen LogP contribution in [0.5, 0.6) is 0 Å². The summed E-state index contributed by atoms with van der Waals surface area (Å²) in [5.41, 5.74) is 3.04. The number of hydrogen-bond acceptors (Lipinski definition) is 3. The molecule has 1 saturated heterocycles. The minimum atomic E-state index is -0.0825. The van der Waals surface area contributed by atoms with Crippen molar-refractivity contribution in [1.82, 2.24) is 0 Å². The Balaban J connectivity index is 1.56. The molecular weight excluding hydrogens is 427 g/mol. The lowest BCUT2D eigenvalue weighted by molar-refractivity contribution is 0.213. The predicted molar refractivity (Wildman–Crippen MR) is 120 cm³/mol. The van der Waals surface area contributed by atoms with Gasteiger partial charge in [0.15, 0.2) is 5.76 Å². The second kappa shape index (κ2) is 7.49. The molecule has 0 radical (unpaired) electrons. The Labute approximate surface area is 184 Å². The molecule has 5 rings (SSSR count). The summed E-state index contributed by atoms with van der Waals surface area (Å²) in [6.07, 6.45) is 2.08. The van der Waals surface area contributed by atoms with E-state index in [0.717, 1.165) is 29.2 Å². The Morgan fingerprint density at radius 1 is 0.793 bits per heavy atom. The van der Waals surface area contributed by atoms with Crippen LogP contribution in [0, 0.1) is 5.92 Å². The van der Waals surface area contributed by atoms with E-state index in [1.807, 2.05) is 59.7 Å². The number of hydrogen-bond donors (Lipinski definition) is 0. The van der Waals surface area contributed by atoms with Crippen LogP contribution in [0.1, 0.15) is 11.6 Å². The highest BCUT2D eigenvalue weighted by Crippen LogP contribution is 2.49. The number of rotatable bonds is 3. The van der Waals surface area contributed by atoms with E-state index in [4.69, 9.17) is 39.6 Å². The van der Waals surface area contributed by atoms with Crippen LogP contribution in [0.3, 0.4) is 0 Å². The lowest BCUT2D eigenvalue weighted by atomic mass is 9.93. The molecular formula is C23H17Cl3N2O. The van der Waals surface area contributed by atoms with E-state index in [1.165, 1.54) is 0 Å². The Kier molecular flexibility index (Phi) is 4.83. The fraction of sp³-hybridized carbons (Fsp3) is 0.130. The number of benzene rings is 3. The maximum Gasteiger partial charge on any atom is 0.155 e. The van der Waals surface area contributed by atoms with Gasteiger partial charge < -0.3 is 9.74 Å². The smallest absolute Gasteiger partial charge is 0.155 e. The molecule has 3 aromatic rings. The van der Waals surface area contributed by atoms with Crippen LogP contribution >= 0.6 is 34.8 Å². The third kappa shape index (κ3) is 3.44. The Morgan fingerprint density at radius 2 is 1.52 bits per heavy atom. The molecule has 2 unspecified atom stereocenters. The van der Waals surface area contributed by atoms with Gasteiger partial charge in [-0.25, -0.2) is 5.06 Å². The maximum atomic E-state index is 6.61. The second-order valence-corrected chi connectivity index (χ2v) is 8.41. The summed E-state index contributed by atoms with van der Waals surface area (Å²) >= 11 is 18.8. The van der Waals surface area contributed by atoms with Crippen molar-refractivity contribution in [2.45, 2.75) is 6.04 Å². The molecule has 29 heavy (non-hydrogen) atoms. The molecule has 0 aliphatic carbocycles. The largest absolute Gasteiger partial charge is 0.381 e. The van der Waals surface area contributed by atoms with Crippen molar-refractivity contribution in [2.24, 2.45) is 5.92 Å². The number of para-hydroxylation sites is 1. The van der Waals surface area contributed by atoms with Crippen molar-refractivity contribution in [1.29, 1.82) is 0 Å². The van der Waals surface area contributed by atoms with E-state index in [0.29, 0.717) is 15.1 Å². The first-order chi connectivity index (χ1) is 14.1. The van der Waals surface area contributed by atoms with Crippen molar-refractivity contribution >= 4 is 46.2 Å². The van der Waals surface area contributed by atoms with Gasteiger partial charge in [0.05, 0.1) is 11.6 Å². The monoisotopic (exact) mass is 442 g/mol. The summed E-state index contributed by atoms with van der Waals surface area (Å²) in [5.74, 6) is 1.05. The van der Waals surface area contributed by atoms with Crippen LogP contribution in [-0.2, 0) is 4.84 Å². The van der Waals surface area contributed by atoms with Crippen LogP contribution in [0.4, 0.5) is 11.4 Å². The molecule has 2 aliphatic heterocycles. The quantitative estimate of drug-likeness (QED) is 0.428. The number of nitrogens with zero attached hydrogens (tertiary/aromatic N) is 2. The van der Waals surface area contributed by atoms with Crippen LogP contribution in [0.15, 0.2) is 84.8 Å². The standard InChI is InChI=1S/C23H17Cl3N2O/c24-15-6-9-18(10-7-15)28-23(19-11-8-16(25)12-21(19)26)20-13-27(14-22(20)29-28)17-4-2-1-3-5-17/h1-12,14,20,23H,13H2. The van der Waals surface area contributed by atoms with Gasteiger partial charge in [-0.2, -0.15) is 0 Å². The Bertz CT molecular complexity index is 1070. The molecule has 146 valence electrons. The topological polar surface area (TPSA) is 15.7 Å². The van der Waals surface area contributed by atoms with Gasteiger partial charge in [-0.15, -0.1) is 0 Å². The minimum absolute atomic E-state index is 0.0825. The molecule has 0 N–H and O–H groups in total. The Hall–Kier alpha value is -2.33. The zero-order valence-electron chi connectivity index (χ0n) is 15.3. The number of anilines is 2. The van der Waals surface area contributed by atoms with Crippen molar-refractivity contribution in [3.05, 3.63) is 105 Å². The van der Waals surface area contributed by atoms with Crippen LogP contribution < -0.4 is 9.96 Å². The molecule has 3 nitrogen and oxygen atoms in total. The third-order valence-corrected chi connectivity index (χ3v) is 6.14. The molecule has 2 aliphatic rings. The molecule has 0 spiro atoms. The van der Waals surface area contributed by atoms with Gasteiger partial charge in [0.25, 0.3) is 0 Å². The van der Waals surface area contributed by atoms with Gasteiger partial charge in [0.1, 0.15) is 6.04 Å². The summed E-state index contributed by atoms with van der Waals surface area (Å²) in [4.78, 5) is 8.55. The zero-order valence-corrected chi connectivity index (χ0v) is 17.6. The van der Waals surface area contributed by atoms with E-state index in [1.54, 1.807) is 6.07 Å². The van der Waals surface area contributed by atoms with Crippen molar-refractivity contribution in [3.8, 4) is 0 Å². The third-order valence-electron chi connectivity index (χ3n) is 5.33. The first-order valence-corrected chi connectivity index (χ1v) is 10.4. The lowest BCUT2D eigenvalue weighted by Crippen LogP contribution is -2.29. The normalized spacial score (nSPS) is 20.4. The van der Waals surface area contributed by atoms with Crippen molar-refractivity contribution in [3.63, 3.8) is 0 Å². The second-order valence-electron chi connectivity index (χ2n) is 7.13. The molecule has 3 aromatic carbocycles. The van der Waals surface area contributed by atoms with E-state index in [-0.39, 0.29) is 12.0 Å². The molecule has 0 aromatic heterocycles. The summed E-state index contributed by atoms with van der Waals surface area (Å²) in [6.45, 7) is 0.799.